The molecule has 4 unspecified atom stereocenters. The van der Waals surface area contributed by atoms with E-state index in [1.54, 1.807) is 0 Å². The number of benzene rings is 2. The molecule has 2 rings (SSSR count). The van der Waals surface area contributed by atoms with Crippen LogP contribution in [-0.2, 0) is 22.7 Å². The van der Waals surface area contributed by atoms with Gasteiger partial charge in [-0.3, -0.25) is 0 Å². The van der Waals surface area contributed by atoms with Crippen LogP contribution in [0.1, 0.15) is 72.2 Å². The van der Waals surface area contributed by atoms with Crippen LogP contribution in [0.4, 0.5) is 87.8 Å². The van der Waals surface area contributed by atoms with Crippen molar-refractivity contribution in [3.05, 3.63) is 67.8 Å². The van der Waals surface area contributed by atoms with E-state index in [1.807, 2.05) is 0 Å². The Kier molecular flexibility index (Phi) is 11.7. The second-order valence-corrected chi connectivity index (χ2v) is 10.7. The fraction of sp³-hybridized carbons (Fsp3) is 0.429. The molecule has 2 aromatic carbocycles. The SMILES string of the molecule is CC(F)(c1c(F)c(C#N)c(C#N)c(F)c1C(C)(F)C(F)(F)F)C(F)(F)F.CC(F)(c1c(F)c(F)c(C(C)(F)C(F)(F)F)c(C#N)c1C#N)C(F)(F)F. The van der Waals surface area contributed by atoms with Crippen LogP contribution in [-0.4, -0.2) is 24.7 Å². The van der Waals surface area contributed by atoms with Crippen molar-refractivity contribution < 1.29 is 87.8 Å². The number of nitriles is 4. The van der Waals surface area contributed by atoms with E-state index in [1.165, 1.54) is 0 Å². The van der Waals surface area contributed by atoms with E-state index in [9.17, 15) is 87.8 Å². The summed E-state index contributed by atoms with van der Waals surface area (Å²) in [6.07, 6.45) is -24.1. The largest absolute Gasteiger partial charge is 0.426 e. The van der Waals surface area contributed by atoms with Crippen LogP contribution < -0.4 is 0 Å². The second kappa shape index (κ2) is 13.5. The lowest BCUT2D eigenvalue weighted by molar-refractivity contribution is -0.240. The molecule has 0 amide bonds. The lowest BCUT2D eigenvalue weighted by Gasteiger charge is -2.33. The maximum Gasteiger partial charge on any atom is 0.426 e. The molecule has 4 nitrogen and oxygen atoms in total. The average molecular weight is 784 g/mol. The van der Waals surface area contributed by atoms with Crippen molar-refractivity contribution in [3.63, 3.8) is 0 Å². The highest BCUT2D eigenvalue weighted by Gasteiger charge is 2.64. The summed E-state index contributed by atoms with van der Waals surface area (Å²) >= 11 is 0. The lowest BCUT2D eigenvalue weighted by atomic mass is 9.81. The van der Waals surface area contributed by atoms with Crippen LogP contribution in [0.5, 0.6) is 0 Å². The van der Waals surface area contributed by atoms with Crippen LogP contribution in [0.15, 0.2) is 0 Å². The summed E-state index contributed by atoms with van der Waals surface area (Å²) in [6, 6.07) is 2.97. The Morgan fingerprint density at radius 3 is 0.635 bits per heavy atom. The van der Waals surface area contributed by atoms with Crippen LogP contribution in [0.2, 0.25) is 0 Å². The van der Waals surface area contributed by atoms with Gasteiger partial charge in [0, 0.05) is 11.1 Å². The monoisotopic (exact) mass is 784 g/mol. The van der Waals surface area contributed by atoms with Crippen LogP contribution in [0.25, 0.3) is 0 Å². The minimum absolute atomic E-state index is 0.328. The fourth-order valence-electron chi connectivity index (χ4n) is 4.14. The van der Waals surface area contributed by atoms with E-state index in [2.05, 4.69) is 0 Å². The molecule has 0 N–H and O–H groups in total. The molecule has 0 heterocycles. The smallest absolute Gasteiger partial charge is 0.229 e. The van der Waals surface area contributed by atoms with Crippen molar-refractivity contribution in [1.82, 2.24) is 0 Å². The van der Waals surface area contributed by atoms with E-state index in [0.717, 1.165) is 24.3 Å². The maximum atomic E-state index is 14.3. The van der Waals surface area contributed by atoms with Gasteiger partial charge in [0.25, 0.3) is 0 Å². The zero-order chi connectivity index (χ0) is 41.8. The number of alkyl halides is 16. The minimum atomic E-state index is -6.10. The molecule has 0 bridgehead atoms. The number of hydrogen-bond donors (Lipinski definition) is 0. The molecule has 0 radical (unpaired) electrons. The van der Waals surface area contributed by atoms with E-state index >= 15 is 0 Å². The third-order valence-corrected chi connectivity index (χ3v) is 7.21. The number of nitrogens with zero attached hydrogens (tertiary/aromatic N) is 4. The highest BCUT2D eigenvalue weighted by Crippen LogP contribution is 2.53. The molecule has 0 spiro atoms. The van der Waals surface area contributed by atoms with Gasteiger partial charge in [0.1, 0.15) is 47.0 Å². The van der Waals surface area contributed by atoms with Gasteiger partial charge in [-0.25, -0.2) is 35.1 Å². The van der Waals surface area contributed by atoms with Crippen molar-refractivity contribution in [2.24, 2.45) is 0 Å². The van der Waals surface area contributed by atoms with E-state index in [-0.39, 0.29) is 13.8 Å². The summed E-state index contributed by atoms with van der Waals surface area (Å²) in [6.45, 7) is -1.59. The third-order valence-electron chi connectivity index (χ3n) is 7.21. The first-order chi connectivity index (χ1) is 22.9. The van der Waals surface area contributed by atoms with E-state index < -0.39 is 129 Å². The molecule has 284 valence electrons. The van der Waals surface area contributed by atoms with Gasteiger partial charge >= 0.3 is 24.7 Å². The summed E-state index contributed by atoms with van der Waals surface area (Å²) in [7, 11) is 0. The van der Waals surface area contributed by atoms with Crippen molar-refractivity contribution in [1.29, 1.82) is 21.0 Å². The fourth-order valence-corrected chi connectivity index (χ4v) is 4.14. The summed E-state index contributed by atoms with van der Waals surface area (Å²) in [5, 5.41) is 35.0. The third kappa shape index (κ3) is 7.07. The molecule has 52 heavy (non-hydrogen) atoms. The first-order valence-corrected chi connectivity index (χ1v) is 12.7. The molecule has 0 aromatic heterocycles. The van der Waals surface area contributed by atoms with Gasteiger partial charge in [0.15, 0.2) is 11.6 Å². The van der Waals surface area contributed by atoms with Gasteiger partial charge in [-0.05, 0) is 27.7 Å². The molecule has 0 fully saturated rings. The zero-order valence-electron chi connectivity index (χ0n) is 25.3. The molecule has 0 saturated carbocycles. The van der Waals surface area contributed by atoms with Gasteiger partial charge in [-0.15, -0.1) is 0 Å². The van der Waals surface area contributed by atoms with Gasteiger partial charge in [0.05, 0.1) is 22.3 Å². The normalized spacial score (nSPS) is 17.0. The minimum Gasteiger partial charge on any atom is -0.229 e. The van der Waals surface area contributed by atoms with Crippen LogP contribution in [0, 0.1) is 68.6 Å². The molecule has 0 aliphatic heterocycles. The second-order valence-electron chi connectivity index (χ2n) is 10.7. The number of rotatable bonds is 4. The quantitative estimate of drug-likeness (QED) is 0.289. The maximum absolute atomic E-state index is 14.3. The highest BCUT2D eigenvalue weighted by atomic mass is 19.4. The summed E-state index contributed by atoms with van der Waals surface area (Å²) in [4.78, 5) is 0. The standard InChI is InChI=1S/2C14H6F10N2/c1-11(17,13(19,20)21)7-8(12(2,18)14(22,23)24)10(16)6(4-26)5(3-25)9(7)15;1-11(17,13(19,20)21)7-5(3-25)6(4-26)8(10(16)9(7)15)12(2,18)14(22,23)24/h2*1-2H3. The topological polar surface area (TPSA) is 95.2 Å². The Balaban J connectivity index is 0.000000520. The predicted molar refractivity (Wildman–Crippen MR) is 130 cm³/mol. The van der Waals surface area contributed by atoms with E-state index in [4.69, 9.17) is 21.0 Å². The molecule has 24 heteroatoms. The summed E-state index contributed by atoms with van der Waals surface area (Å²) < 4.78 is 268. The van der Waals surface area contributed by atoms with Crippen molar-refractivity contribution in [2.75, 3.05) is 0 Å². The molecule has 0 aliphatic rings. The molecular weight excluding hydrogens is 772 g/mol. The van der Waals surface area contributed by atoms with Crippen molar-refractivity contribution >= 4 is 0 Å². The Morgan fingerprint density at radius 2 is 0.481 bits per heavy atom. The first-order valence-electron chi connectivity index (χ1n) is 12.7. The summed E-state index contributed by atoms with van der Waals surface area (Å²) in [5.74, 6) is -10.9. The first kappa shape index (κ1) is 45.0. The van der Waals surface area contributed by atoms with Gasteiger partial charge in [-0.1, -0.05) is 0 Å². The van der Waals surface area contributed by atoms with Crippen LogP contribution in [0.3, 0.4) is 0 Å². The lowest BCUT2D eigenvalue weighted by Crippen LogP contribution is -2.43. The Morgan fingerprint density at radius 1 is 0.308 bits per heavy atom. The molecule has 0 saturated heterocycles. The van der Waals surface area contributed by atoms with Crippen molar-refractivity contribution in [3.8, 4) is 24.3 Å². The van der Waals surface area contributed by atoms with Gasteiger partial charge in [-0.2, -0.15) is 73.7 Å². The zero-order valence-corrected chi connectivity index (χ0v) is 25.3. The highest BCUT2D eigenvalue weighted by molar-refractivity contribution is 5.60. The van der Waals surface area contributed by atoms with E-state index in [0.29, 0.717) is 0 Å². The summed E-state index contributed by atoms with van der Waals surface area (Å²) in [5.41, 5.74) is -36.9. The van der Waals surface area contributed by atoms with Gasteiger partial charge in [0.2, 0.25) is 22.7 Å². The molecule has 0 aliphatic carbocycles. The van der Waals surface area contributed by atoms with Gasteiger partial charge < -0.3 is 0 Å². The van der Waals surface area contributed by atoms with Crippen molar-refractivity contribution in [2.45, 2.75) is 75.1 Å². The molecule has 2 aromatic rings. The number of hydrogen-bond acceptors (Lipinski definition) is 4. The molecular formula is C28H12F20N4. The Labute approximate surface area is 276 Å². The Bertz CT molecular complexity index is 1780. The average Bonchev–Trinajstić information content (AvgIpc) is 2.95. The number of halogens is 20. The predicted octanol–water partition coefficient (Wildman–Crippen LogP) is 10.4. The molecule has 4 atom stereocenters. The van der Waals surface area contributed by atoms with Crippen LogP contribution >= 0.6 is 0 Å². The Hall–Kier alpha value is -5.00.